The van der Waals surface area contributed by atoms with Crippen LogP contribution in [0.25, 0.3) is 72.7 Å². The van der Waals surface area contributed by atoms with Gasteiger partial charge in [-0.15, -0.1) is 0 Å². The molecule has 5 nitrogen and oxygen atoms in total. The van der Waals surface area contributed by atoms with Crippen LogP contribution in [0, 0.1) is 0 Å². The molecule has 1 aliphatic carbocycles. The summed E-state index contributed by atoms with van der Waals surface area (Å²) in [4.78, 5) is 15.0. The fraction of sp³-hybridized carbons (Fsp3) is 0.0426. The van der Waals surface area contributed by atoms with Gasteiger partial charge in [-0.2, -0.15) is 0 Å². The first-order chi connectivity index (χ1) is 25.8. The molecule has 0 fully saturated rings. The Morgan fingerprint density at radius 1 is 0.500 bits per heavy atom. The zero-order valence-electron chi connectivity index (χ0n) is 28.3. The van der Waals surface area contributed by atoms with Gasteiger partial charge in [0.1, 0.15) is 11.5 Å². The molecule has 0 spiro atoms. The Kier molecular flexibility index (Phi) is 7.21. The molecule has 0 saturated heterocycles. The molecule has 3 heterocycles. The lowest BCUT2D eigenvalue weighted by molar-refractivity contribution is 0.773. The Balaban J connectivity index is 1.09. The fourth-order valence-electron chi connectivity index (χ4n) is 7.70. The van der Waals surface area contributed by atoms with Crippen LogP contribution in [0.2, 0.25) is 0 Å². The first kappa shape index (κ1) is 30.0. The average Bonchev–Trinajstić information content (AvgIpc) is 3.74. The monoisotopic (exact) mass is 667 g/mol. The normalized spacial score (nSPS) is 14.3. The molecule has 0 amide bonds. The third-order valence-corrected chi connectivity index (χ3v) is 10.1. The highest BCUT2D eigenvalue weighted by Gasteiger charge is 2.24. The van der Waals surface area contributed by atoms with Gasteiger partial charge in [0, 0.05) is 33.7 Å². The summed E-state index contributed by atoms with van der Waals surface area (Å²) < 4.78 is 4.86. The Bertz CT molecular complexity index is 2750. The van der Waals surface area contributed by atoms with Gasteiger partial charge in [0.2, 0.25) is 0 Å². The molecule has 52 heavy (non-hydrogen) atoms. The second-order valence-electron chi connectivity index (χ2n) is 13.3. The number of fused-ring (bicyclic) bond motifs is 5. The van der Waals surface area contributed by atoms with Gasteiger partial charge in [0.05, 0.1) is 16.6 Å². The minimum Gasteiger partial charge on any atom is -0.293 e. The number of rotatable bonds is 6. The first-order valence-corrected chi connectivity index (χ1v) is 17.7. The van der Waals surface area contributed by atoms with Gasteiger partial charge in [-0.25, -0.2) is 15.0 Å². The van der Waals surface area contributed by atoms with E-state index >= 15 is 0 Å². The maximum absolute atomic E-state index is 5.06. The number of benzene rings is 6. The zero-order valence-corrected chi connectivity index (χ0v) is 28.3. The maximum Gasteiger partial charge on any atom is 0.163 e. The van der Waals surface area contributed by atoms with Crippen molar-refractivity contribution in [3.63, 3.8) is 0 Å². The molecule has 1 atom stereocenters. The van der Waals surface area contributed by atoms with Gasteiger partial charge in [0.15, 0.2) is 11.6 Å². The highest BCUT2D eigenvalue weighted by atomic mass is 15.1. The Labute approximate surface area is 301 Å². The zero-order chi connectivity index (χ0) is 34.4. The lowest BCUT2D eigenvalue weighted by atomic mass is 9.89. The SMILES string of the molecule is C1=CC(c2nc(-c3ccccc3)nc(-c3ccccc3)n2)CC(c2cccc(-n3c4ccccc4n4c5ccccc5c(-c5ccccc5)c34)c2)=C1. The van der Waals surface area contributed by atoms with Crippen molar-refractivity contribution < 1.29 is 0 Å². The molecular formula is C47H33N5. The molecule has 0 saturated carbocycles. The predicted octanol–water partition coefficient (Wildman–Crippen LogP) is 11.3. The second kappa shape index (κ2) is 12.5. The van der Waals surface area contributed by atoms with Crippen LogP contribution in [-0.4, -0.2) is 23.9 Å². The Hall–Kier alpha value is -6.85. The topological polar surface area (TPSA) is 48.0 Å². The number of para-hydroxylation sites is 3. The molecule has 0 radical (unpaired) electrons. The van der Waals surface area contributed by atoms with Crippen molar-refractivity contribution >= 4 is 33.2 Å². The lowest BCUT2D eigenvalue weighted by Crippen LogP contribution is -2.09. The number of hydrogen-bond acceptors (Lipinski definition) is 3. The summed E-state index contributed by atoms with van der Waals surface area (Å²) in [6.07, 6.45) is 7.38. The maximum atomic E-state index is 5.06. The highest BCUT2D eigenvalue weighted by Crippen LogP contribution is 2.41. The molecule has 3 aromatic heterocycles. The van der Waals surface area contributed by atoms with Crippen LogP contribution < -0.4 is 0 Å². The van der Waals surface area contributed by atoms with E-state index in [4.69, 9.17) is 15.0 Å². The minimum absolute atomic E-state index is 0.00342. The Morgan fingerprint density at radius 3 is 1.77 bits per heavy atom. The molecule has 5 heteroatoms. The fourth-order valence-corrected chi connectivity index (χ4v) is 7.70. The molecule has 10 rings (SSSR count). The van der Waals surface area contributed by atoms with E-state index in [1.54, 1.807) is 0 Å². The second-order valence-corrected chi connectivity index (χ2v) is 13.3. The quantitative estimate of drug-likeness (QED) is 0.177. The third-order valence-electron chi connectivity index (χ3n) is 10.1. The van der Waals surface area contributed by atoms with Crippen LogP contribution in [0.5, 0.6) is 0 Å². The molecule has 6 aromatic carbocycles. The van der Waals surface area contributed by atoms with Crippen molar-refractivity contribution in [2.75, 3.05) is 0 Å². The van der Waals surface area contributed by atoms with Crippen molar-refractivity contribution in [3.05, 3.63) is 193 Å². The van der Waals surface area contributed by atoms with E-state index in [0.717, 1.165) is 34.7 Å². The van der Waals surface area contributed by atoms with E-state index in [-0.39, 0.29) is 5.92 Å². The first-order valence-electron chi connectivity index (χ1n) is 17.7. The van der Waals surface area contributed by atoms with Gasteiger partial charge in [-0.05, 0) is 53.5 Å². The number of imidazole rings is 1. The number of allylic oxidation sites excluding steroid dienone is 4. The summed E-state index contributed by atoms with van der Waals surface area (Å²) in [6, 6.07) is 57.5. The highest BCUT2D eigenvalue weighted by molar-refractivity contribution is 6.09. The van der Waals surface area contributed by atoms with Gasteiger partial charge in [0.25, 0.3) is 0 Å². The van der Waals surface area contributed by atoms with E-state index in [9.17, 15) is 0 Å². The van der Waals surface area contributed by atoms with Crippen LogP contribution in [0.1, 0.15) is 23.7 Å². The van der Waals surface area contributed by atoms with Crippen LogP contribution >= 0.6 is 0 Å². The molecule has 0 aliphatic heterocycles. The summed E-state index contributed by atoms with van der Waals surface area (Å²) in [5.41, 5.74) is 12.6. The smallest absolute Gasteiger partial charge is 0.163 e. The van der Waals surface area contributed by atoms with E-state index < -0.39 is 0 Å². The summed E-state index contributed by atoms with van der Waals surface area (Å²) in [5.74, 6) is 2.15. The molecule has 246 valence electrons. The number of hydrogen-bond donors (Lipinski definition) is 0. The predicted molar refractivity (Wildman–Crippen MR) is 212 cm³/mol. The van der Waals surface area contributed by atoms with Crippen molar-refractivity contribution in [1.29, 1.82) is 0 Å². The Morgan fingerprint density at radius 2 is 1.08 bits per heavy atom. The lowest BCUT2D eigenvalue weighted by Gasteiger charge is -2.20. The van der Waals surface area contributed by atoms with Crippen LogP contribution in [0.15, 0.2) is 182 Å². The van der Waals surface area contributed by atoms with Crippen molar-refractivity contribution in [3.8, 4) is 39.6 Å². The van der Waals surface area contributed by atoms with Crippen LogP contribution in [-0.2, 0) is 0 Å². The molecule has 1 aliphatic rings. The van der Waals surface area contributed by atoms with Crippen molar-refractivity contribution in [2.24, 2.45) is 0 Å². The molecular weight excluding hydrogens is 635 g/mol. The standard InChI is InChI=1S/C47H33N5/c1-4-16-32(17-5-1)43-39-26-10-11-27-40(39)52-42-29-13-12-28-41(42)51(47(43)52)38-25-15-23-36(31-38)35-22-14-24-37(30-35)46-49-44(33-18-6-2-7-19-33)48-45(50-46)34-20-8-3-9-21-34/h1-29,31,37H,30H2. The van der Waals surface area contributed by atoms with E-state index in [1.807, 2.05) is 36.4 Å². The number of nitrogens with zero attached hydrogens (tertiary/aromatic N) is 5. The van der Waals surface area contributed by atoms with Gasteiger partial charge in [-0.3, -0.25) is 8.97 Å². The van der Waals surface area contributed by atoms with E-state index in [2.05, 4.69) is 155 Å². The van der Waals surface area contributed by atoms with Gasteiger partial charge in [-0.1, -0.05) is 152 Å². The van der Waals surface area contributed by atoms with Crippen molar-refractivity contribution in [2.45, 2.75) is 12.3 Å². The molecule has 0 N–H and O–H groups in total. The molecule has 1 unspecified atom stereocenters. The summed E-state index contributed by atoms with van der Waals surface area (Å²) in [6.45, 7) is 0. The van der Waals surface area contributed by atoms with Crippen molar-refractivity contribution in [1.82, 2.24) is 23.9 Å². The summed E-state index contributed by atoms with van der Waals surface area (Å²) >= 11 is 0. The average molecular weight is 668 g/mol. The third kappa shape index (κ3) is 5.05. The number of aromatic nitrogens is 5. The van der Waals surface area contributed by atoms with Gasteiger partial charge < -0.3 is 0 Å². The molecule has 0 bridgehead atoms. The van der Waals surface area contributed by atoms with E-state index in [1.165, 1.54) is 44.2 Å². The minimum atomic E-state index is -0.00342. The van der Waals surface area contributed by atoms with Crippen LogP contribution in [0.4, 0.5) is 0 Å². The van der Waals surface area contributed by atoms with Gasteiger partial charge >= 0.3 is 0 Å². The largest absolute Gasteiger partial charge is 0.293 e. The summed E-state index contributed by atoms with van der Waals surface area (Å²) in [7, 11) is 0. The van der Waals surface area contributed by atoms with Crippen LogP contribution in [0.3, 0.4) is 0 Å². The molecule has 9 aromatic rings. The van der Waals surface area contributed by atoms with E-state index in [0.29, 0.717) is 11.6 Å². The summed E-state index contributed by atoms with van der Waals surface area (Å²) in [5, 5.41) is 1.24.